The van der Waals surface area contributed by atoms with Crippen LogP contribution in [0.2, 0.25) is 0 Å². The zero-order chi connectivity index (χ0) is 0. The molecular weight excluding hydrogens is 249 g/mol. The fourth-order valence-electron chi connectivity index (χ4n) is 0. The minimum absolute atomic E-state index is 0. The van der Waals surface area contributed by atoms with Gasteiger partial charge in [-0.2, -0.15) is 0 Å². The van der Waals surface area contributed by atoms with E-state index >= 15 is 0 Å². The first kappa shape index (κ1) is 73.5. The summed E-state index contributed by atoms with van der Waals surface area (Å²) in [5.41, 5.74) is 0. The van der Waals surface area contributed by atoms with Crippen molar-refractivity contribution < 1.29 is 73.9 Å². The smallest absolute Gasteiger partial charge is 2.00 e. The molecule has 0 heterocycles. The van der Waals surface area contributed by atoms with Crippen LogP contribution in [0.25, 0.3) is 0 Å². The van der Waals surface area contributed by atoms with Gasteiger partial charge in [-0.05, 0) is 0 Å². The van der Waals surface area contributed by atoms with E-state index in [0.29, 0.717) is 0 Å². The monoisotopic (exact) mass is 249 g/mol. The Morgan fingerprint density at radius 2 is 0.600 bits per heavy atom. The van der Waals surface area contributed by atoms with Gasteiger partial charge in [0.15, 0.2) is 0 Å². The van der Waals surface area contributed by atoms with E-state index in [2.05, 4.69) is 0 Å². The summed E-state index contributed by atoms with van der Waals surface area (Å²) in [6.45, 7) is 0. The van der Waals surface area contributed by atoms with Gasteiger partial charge in [-0.15, -0.1) is 0 Å². The van der Waals surface area contributed by atoms with Gasteiger partial charge in [-0.1, -0.05) is 0 Å². The summed E-state index contributed by atoms with van der Waals surface area (Å²) in [7, 11) is 0. The second-order valence-corrected chi connectivity index (χ2v) is 0. The molecule has 0 atom stereocenters. The molecule has 0 bridgehead atoms. The molecule has 5 heteroatoms. The maximum atomic E-state index is 0. The SMILES string of the molecule is [Fe+3].[O-2].[O-2].[O-2].[Pm+3]. The summed E-state index contributed by atoms with van der Waals surface area (Å²) in [4.78, 5) is 0. The average molecular weight is 249 g/mol. The van der Waals surface area contributed by atoms with E-state index in [1.54, 1.807) is 0 Å². The first-order chi connectivity index (χ1) is 0. The predicted octanol–water partition coefficient (Wildman–Crippen LogP) is -0.359. The molecule has 31 valence electrons. The van der Waals surface area contributed by atoms with E-state index in [0.717, 1.165) is 0 Å². The Labute approximate surface area is 73.0 Å². The zero-order valence-electron chi connectivity index (χ0n) is 2.03. The molecule has 0 unspecified atom stereocenters. The summed E-state index contributed by atoms with van der Waals surface area (Å²) < 4.78 is 0. The quantitative estimate of drug-likeness (QED) is 0.525. The molecule has 0 aromatic heterocycles. The predicted molar refractivity (Wildman–Crippen MR) is 2.06 cm³/mol. The fourth-order valence-corrected chi connectivity index (χ4v) is 0. The molecule has 0 spiro atoms. The third-order valence-electron chi connectivity index (χ3n) is 0. The van der Waals surface area contributed by atoms with Crippen molar-refractivity contribution in [2.24, 2.45) is 0 Å². The Balaban J connectivity index is 0. The largest absolute Gasteiger partial charge is 3.00 e. The maximum absolute atomic E-state index is 0. The van der Waals surface area contributed by atoms with Crippen LogP contribution in [-0.4, -0.2) is 0 Å². The molecule has 0 aliphatic heterocycles. The van der Waals surface area contributed by atoms with Gasteiger partial charge in [0.1, 0.15) is 0 Å². The van der Waals surface area contributed by atoms with E-state index < -0.39 is 0 Å². The summed E-state index contributed by atoms with van der Waals surface area (Å²) >= 11 is 0. The second-order valence-electron chi connectivity index (χ2n) is 0. The zero-order valence-corrected chi connectivity index (χ0v) is 6.00. The van der Waals surface area contributed by atoms with Crippen molar-refractivity contribution in [1.29, 1.82) is 0 Å². The van der Waals surface area contributed by atoms with Crippen LogP contribution >= 0.6 is 0 Å². The van der Waals surface area contributed by atoms with Crippen molar-refractivity contribution >= 4 is 0 Å². The average Bonchev–Trinajstić information content (AvgIpc) is 0. The van der Waals surface area contributed by atoms with Gasteiger partial charge >= 0.3 is 57.5 Å². The standard InChI is InChI=1S/Fe.3O.Pm/q+3;3*-2;+3. The van der Waals surface area contributed by atoms with Crippen molar-refractivity contribution in [3.63, 3.8) is 0 Å². The third kappa shape index (κ3) is 26.6. The van der Waals surface area contributed by atoms with Crippen LogP contribution in [-0.2, 0) is 33.5 Å². The van der Waals surface area contributed by atoms with Gasteiger partial charge < -0.3 is 16.4 Å². The normalized spacial score (nSPS) is 0. The number of rotatable bonds is 0. The Morgan fingerprint density at radius 3 is 0.600 bits per heavy atom. The van der Waals surface area contributed by atoms with Crippen LogP contribution in [0.3, 0.4) is 0 Å². The van der Waals surface area contributed by atoms with Gasteiger partial charge in [0.25, 0.3) is 0 Å². The molecule has 0 amide bonds. The van der Waals surface area contributed by atoms with Gasteiger partial charge in [-0.25, -0.2) is 0 Å². The first-order valence-electron chi connectivity index (χ1n) is 0. The Kier molecular flexibility index (Phi) is 627. The molecule has 0 aliphatic rings. The summed E-state index contributed by atoms with van der Waals surface area (Å²) in [6, 6.07) is 0. The number of hydrogen-bond donors (Lipinski definition) is 0. The molecule has 0 aliphatic carbocycles. The van der Waals surface area contributed by atoms with Crippen molar-refractivity contribution in [2.75, 3.05) is 0 Å². The molecule has 0 aromatic carbocycles. The van der Waals surface area contributed by atoms with Crippen LogP contribution in [0.4, 0.5) is 0 Å². The van der Waals surface area contributed by atoms with Crippen LogP contribution in [0.1, 0.15) is 0 Å². The minimum atomic E-state index is 0. The van der Waals surface area contributed by atoms with Crippen molar-refractivity contribution in [1.82, 2.24) is 0 Å². The topological polar surface area (TPSA) is 85.5 Å². The molecule has 0 aromatic rings. The van der Waals surface area contributed by atoms with E-state index in [1.165, 1.54) is 0 Å². The van der Waals surface area contributed by atoms with Crippen molar-refractivity contribution in [3.8, 4) is 0 Å². The van der Waals surface area contributed by atoms with Crippen LogP contribution < -0.4 is 0 Å². The summed E-state index contributed by atoms with van der Waals surface area (Å²) in [6.07, 6.45) is 0. The summed E-state index contributed by atoms with van der Waals surface area (Å²) in [5.74, 6) is 0. The van der Waals surface area contributed by atoms with E-state index in [-0.39, 0.29) is 73.9 Å². The van der Waals surface area contributed by atoms with Gasteiger partial charge in [-0.3, -0.25) is 0 Å². The molecule has 0 rings (SSSR count). The number of hydrogen-bond acceptors (Lipinski definition) is 0. The molecule has 0 fully saturated rings. The molecular formula is FeO3Pm. The maximum Gasteiger partial charge on any atom is 3.00 e. The molecule has 0 N–H and O–H groups in total. The van der Waals surface area contributed by atoms with E-state index in [1.807, 2.05) is 0 Å². The molecule has 1 radical (unpaired) electrons. The molecule has 0 saturated heterocycles. The molecule has 3 nitrogen and oxygen atoms in total. The van der Waals surface area contributed by atoms with Crippen LogP contribution in [0.5, 0.6) is 0 Å². The van der Waals surface area contributed by atoms with E-state index in [4.69, 9.17) is 0 Å². The van der Waals surface area contributed by atoms with Crippen LogP contribution in [0.15, 0.2) is 0 Å². The Bertz CT molecular complexity index is 6.85. The van der Waals surface area contributed by atoms with Gasteiger partial charge in [0.2, 0.25) is 0 Å². The molecule has 5 heavy (non-hydrogen) atoms. The van der Waals surface area contributed by atoms with Gasteiger partial charge in [0.05, 0.1) is 0 Å². The Morgan fingerprint density at radius 1 is 0.600 bits per heavy atom. The van der Waals surface area contributed by atoms with Crippen LogP contribution in [0, 0.1) is 40.4 Å². The second kappa shape index (κ2) is 42.7. The Hall–Kier alpha value is 1.74. The van der Waals surface area contributed by atoms with E-state index in [9.17, 15) is 0 Å². The van der Waals surface area contributed by atoms with Gasteiger partial charge in [0, 0.05) is 0 Å². The first-order valence-corrected chi connectivity index (χ1v) is 0. The fraction of sp³-hybridized carbons (Fsp3) is 0. The third-order valence-corrected chi connectivity index (χ3v) is 0. The summed E-state index contributed by atoms with van der Waals surface area (Å²) in [5, 5.41) is 0. The minimum Gasteiger partial charge on any atom is -2.00 e. The van der Waals surface area contributed by atoms with Crippen molar-refractivity contribution in [3.05, 3.63) is 0 Å². The van der Waals surface area contributed by atoms with Crippen molar-refractivity contribution in [2.45, 2.75) is 0 Å². The molecule has 0 saturated carbocycles.